The molecule has 0 aliphatic rings. The van der Waals surface area contributed by atoms with Crippen molar-refractivity contribution in [1.82, 2.24) is 0 Å². The summed E-state index contributed by atoms with van der Waals surface area (Å²) in [4.78, 5) is 0. The molecule has 20 heavy (non-hydrogen) atoms. The third-order valence-corrected chi connectivity index (χ3v) is 3.23. The quantitative estimate of drug-likeness (QED) is 0.656. The van der Waals surface area contributed by atoms with Gasteiger partial charge in [0.25, 0.3) is 0 Å². The van der Waals surface area contributed by atoms with Gasteiger partial charge in [0.05, 0.1) is 6.04 Å². The van der Waals surface area contributed by atoms with Crippen molar-refractivity contribution in [3.05, 3.63) is 69.8 Å². The second-order valence-electron chi connectivity index (χ2n) is 4.73. The molecule has 2 aromatic carbocycles. The van der Waals surface area contributed by atoms with Gasteiger partial charge in [0.1, 0.15) is 5.82 Å². The molecule has 2 rings (SSSR count). The Morgan fingerprint density at radius 2 is 1.30 bits per heavy atom. The summed E-state index contributed by atoms with van der Waals surface area (Å²) in [5.74, 6) is -4.54. The summed E-state index contributed by atoms with van der Waals surface area (Å²) < 4.78 is 52.7. The Balaban J connectivity index is 2.55. The molecule has 0 heterocycles. The predicted octanol–water partition coefficient (Wildman–Crippen LogP) is 3.91. The van der Waals surface area contributed by atoms with Crippen molar-refractivity contribution in [1.29, 1.82) is 0 Å². The van der Waals surface area contributed by atoms with E-state index in [1.165, 1.54) is 12.1 Å². The molecule has 0 amide bonds. The van der Waals surface area contributed by atoms with Gasteiger partial charge in [0, 0.05) is 0 Å². The van der Waals surface area contributed by atoms with E-state index in [2.05, 4.69) is 0 Å². The average Bonchev–Trinajstić information content (AvgIpc) is 2.33. The van der Waals surface area contributed by atoms with E-state index in [1.54, 1.807) is 13.8 Å². The van der Waals surface area contributed by atoms with Crippen molar-refractivity contribution < 1.29 is 17.6 Å². The van der Waals surface area contributed by atoms with Gasteiger partial charge in [-0.3, -0.25) is 0 Å². The van der Waals surface area contributed by atoms with Crippen LogP contribution in [0.25, 0.3) is 0 Å². The monoisotopic (exact) mass is 283 g/mol. The van der Waals surface area contributed by atoms with Crippen LogP contribution in [0.5, 0.6) is 0 Å². The molecule has 0 aliphatic heterocycles. The van der Waals surface area contributed by atoms with Crippen LogP contribution in [-0.2, 0) is 0 Å². The lowest BCUT2D eigenvalue weighted by molar-refractivity contribution is 0.444. The van der Waals surface area contributed by atoms with Crippen LogP contribution >= 0.6 is 0 Å². The second kappa shape index (κ2) is 5.25. The first-order valence-electron chi connectivity index (χ1n) is 5.98. The Morgan fingerprint density at radius 3 is 1.75 bits per heavy atom. The Hall–Kier alpha value is -1.88. The van der Waals surface area contributed by atoms with E-state index >= 15 is 0 Å². The maximum atomic E-state index is 13.3. The van der Waals surface area contributed by atoms with E-state index in [4.69, 9.17) is 5.73 Å². The third kappa shape index (κ3) is 2.54. The van der Waals surface area contributed by atoms with Crippen molar-refractivity contribution in [2.45, 2.75) is 19.9 Å². The van der Waals surface area contributed by atoms with Gasteiger partial charge in [-0.15, -0.1) is 0 Å². The van der Waals surface area contributed by atoms with Crippen LogP contribution in [0.3, 0.4) is 0 Å². The van der Waals surface area contributed by atoms with Crippen molar-refractivity contribution in [3.8, 4) is 0 Å². The Kier molecular flexibility index (Phi) is 3.81. The topological polar surface area (TPSA) is 26.0 Å². The Morgan fingerprint density at radius 1 is 0.850 bits per heavy atom. The minimum absolute atomic E-state index is 0.0965. The minimum atomic E-state index is -1.53. The first-order valence-corrected chi connectivity index (χ1v) is 5.98. The summed E-state index contributed by atoms with van der Waals surface area (Å²) in [6.07, 6.45) is 0. The molecule has 0 spiro atoms. The molecule has 0 saturated heterocycles. The van der Waals surface area contributed by atoms with Gasteiger partial charge in [0.2, 0.25) is 0 Å². The third-order valence-electron chi connectivity index (χ3n) is 3.23. The van der Waals surface area contributed by atoms with E-state index in [1.807, 2.05) is 0 Å². The first kappa shape index (κ1) is 14.5. The summed E-state index contributed by atoms with van der Waals surface area (Å²) in [6, 6.07) is 3.42. The molecule has 1 unspecified atom stereocenters. The van der Waals surface area contributed by atoms with E-state index in [-0.39, 0.29) is 5.56 Å². The molecular weight excluding hydrogens is 270 g/mol. The normalized spacial score (nSPS) is 12.6. The molecule has 1 nitrogen and oxygen atoms in total. The van der Waals surface area contributed by atoms with Crippen LogP contribution in [0.4, 0.5) is 17.6 Å². The highest BCUT2D eigenvalue weighted by molar-refractivity contribution is 5.42. The summed E-state index contributed by atoms with van der Waals surface area (Å²) in [6.45, 7) is 3.31. The van der Waals surface area contributed by atoms with Gasteiger partial charge < -0.3 is 5.73 Å². The number of hydrogen-bond donors (Lipinski definition) is 1. The lowest BCUT2D eigenvalue weighted by Gasteiger charge is -2.18. The van der Waals surface area contributed by atoms with E-state index in [0.29, 0.717) is 16.7 Å². The Labute approximate surface area is 114 Å². The van der Waals surface area contributed by atoms with Crippen LogP contribution in [0.15, 0.2) is 24.3 Å². The molecule has 2 N–H and O–H groups in total. The van der Waals surface area contributed by atoms with Gasteiger partial charge in [-0.2, -0.15) is 0 Å². The van der Waals surface area contributed by atoms with Crippen molar-refractivity contribution in [2.24, 2.45) is 5.73 Å². The van der Waals surface area contributed by atoms with Crippen LogP contribution < -0.4 is 5.73 Å². The summed E-state index contributed by atoms with van der Waals surface area (Å²) >= 11 is 0. The molecule has 0 saturated carbocycles. The zero-order valence-electron chi connectivity index (χ0n) is 11.0. The molecule has 2 aromatic rings. The van der Waals surface area contributed by atoms with E-state index in [0.717, 1.165) is 12.1 Å². The number of aryl methyl sites for hydroxylation is 2. The predicted molar refractivity (Wildman–Crippen MR) is 68.2 cm³/mol. The first-order chi connectivity index (χ1) is 9.31. The highest BCUT2D eigenvalue weighted by Crippen LogP contribution is 2.28. The van der Waals surface area contributed by atoms with Crippen molar-refractivity contribution in [3.63, 3.8) is 0 Å². The molecule has 0 radical (unpaired) electrons. The SMILES string of the molecule is Cc1cc(F)cc(C)c1C(N)c1cc(F)c(F)c(F)c1. The molecular formula is C15H13F4N. The fourth-order valence-corrected chi connectivity index (χ4v) is 2.33. The number of nitrogens with two attached hydrogens (primary N) is 1. The maximum Gasteiger partial charge on any atom is 0.194 e. The van der Waals surface area contributed by atoms with Gasteiger partial charge in [-0.1, -0.05) is 0 Å². The van der Waals surface area contributed by atoms with Crippen LogP contribution in [-0.4, -0.2) is 0 Å². The molecule has 106 valence electrons. The standard InChI is InChI=1S/C15H13F4N/c1-7-3-10(16)4-8(2)13(7)15(20)9-5-11(17)14(19)12(18)6-9/h3-6,15H,20H2,1-2H3. The Bertz CT molecular complexity index is 621. The summed E-state index contributed by atoms with van der Waals surface area (Å²) in [5.41, 5.74) is 7.78. The van der Waals surface area contributed by atoms with Crippen LogP contribution in [0, 0.1) is 37.1 Å². The fraction of sp³-hybridized carbons (Fsp3) is 0.200. The summed E-state index contributed by atoms with van der Waals surface area (Å²) in [5, 5.41) is 0. The maximum absolute atomic E-state index is 13.3. The molecule has 0 bridgehead atoms. The van der Waals surface area contributed by atoms with Gasteiger partial charge in [0.15, 0.2) is 17.5 Å². The lowest BCUT2D eigenvalue weighted by Crippen LogP contribution is -2.16. The fourth-order valence-electron chi connectivity index (χ4n) is 2.33. The highest BCUT2D eigenvalue weighted by Gasteiger charge is 2.19. The minimum Gasteiger partial charge on any atom is -0.320 e. The number of halogens is 4. The zero-order valence-corrected chi connectivity index (χ0v) is 11.0. The second-order valence-corrected chi connectivity index (χ2v) is 4.73. The largest absolute Gasteiger partial charge is 0.320 e. The molecule has 0 aromatic heterocycles. The molecule has 0 fully saturated rings. The smallest absolute Gasteiger partial charge is 0.194 e. The van der Waals surface area contributed by atoms with Gasteiger partial charge >= 0.3 is 0 Å². The van der Waals surface area contributed by atoms with Gasteiger partial charge in [-0.05, 0) is 60.4 Å². The van der Waals surface area contributed by atoms with Gasteiger partial charge in [-0.25, -0.2) is 17.6 Å². The summed E-state index contributed by atoms with van der Waals surface area (Å²) in [7, 11) is 0. The molecule has 0 aliphatic carbocycles. The molecule has 1 atom stereocenters. The van der Waals surface area contributed by atoms with Crippen LogP contribution in [0.2, 0.25) is 0 Å². The van der Waals surface area contributed by atoms with E-state index in [9.17, 15) is 17.6 Å². The van der Waals surface area contributed by atoms with Crippen LogP contribution in [0.1, 0.15) is 28.3 Å². The molecule has 5 heteroatoms. The lowest BCUT2D eigenvalue weighted by atomic mass is 9.91. The number of benzene rings is 2. The van der Waals surface area contributed by atoms with E-state index < -0.39 is 29.3 Å². The highest BCUT2D eigenvalue weighted by atomic mass is 19.2. The zero-order chi connectivity index (χ0) is 15.0. The number of rotatable bonds is 2. The average molecular weight is 283 g/mol. The van der Waals surface area contributed by atoms with Crippen molar-refractivity contribution >= 4 is 0 Å². The van der Waals surface area contributed by atoms with Crippen molar-refractivity contribution in [2.75, 3.05) is 0 Å². The number of hydrogen-bond acceptors (Lipinski definition) is 1.